The second kappa shape index (κ2) is 6.23. The lowest BCUT2D eigenvalue weighted by atomic mass is 9.99. The molecule has 1 aromatic carbocycles. The van der Waals surface area contributed by atoms with Gasteiger partial charge in [0, 0.05) is 11.1 Å². The van der Waals surface area contributed by atoms with E-state index in [4.69, 9.17) is 21.1 Å². The van der Waals surface area contributed by atoms with Gasteiger partial charge >= 0.3 is 12.1 Å². The highest BCUT2D eigenvalue weighted by Crippen LogP contribution is 2.47. The average molecular weight is 334 g/mol. The molecule has 21 heavy (non-hydrogen) atoms. The fraction of sp³-hybridized carbons (Fsp3) is 0.500. The van der Waals surface area contributed by atoms with Crippen LogP contribution in [-0.2, 0) is 0 Å². The largest absolute Gasteiger partial charge is 0.493 e. The quantitative estimate of drug-likeness (QED) is 0.831. The van der Waals surface area contributed by atoms with E-state index in [9.17, 15) is 22.0 Å². The first-order valence-corrected chi connectivity index (χ1v) is 6.01. The van der Waals surface area contributed by atoms with Gasteiger partial charge in [0.05, 0.1) is 14.2 Å². The normalized spacial score (nSPS) is 14.0. The Kier molecular flexibility index (Phi) is 5.27. The lowest BCUT2D eigenvalue weighted by Gasteiger charge is -2.29. The number of rotatable bonds is 5. The number of methoxy groups -OCH3 is 2. The van der Waals surface area contributed by atoms with E-state index in [1.54, 1.807) is 0 Å². The van der Waals surface area contributed by atoms with Gasteiger partial charge in [0.15, 0.2) is 11.5 Å². The van der Waals surface area contributed by atoms with E-state index in [0.717, 1.165) is 19.2 Å². The topological polar surface area (TPSA) is 30.5 Å². The van der Waals surface area contributed by atoms with Gasteiger partial charge in [-0.3, -0.25) is 0 Å². The summed E-state index contributed by atoms with van der Waals surface area (Å²) in [7, 11) is 3.50. The predicted octanol–water partition coefficient (Wildman–Crippen LogP) is 3.82. The molecule has 0 aliphatic heterocycles. The maximum Gasteiger partial charge on any atom is 0.455 e. The Morgan fingerprint density at radius 2 is 1.52 bits per heavy atom. The Morgan fingerprint density at radius 1 is 1.05 bits per heavy atom. The van der Waals surface area contributed by atoms with Gasteiger partial charge in [-0.15, -0.1) is 0 Å². The van der Waals surface area contributed by atoms with E-state index in [1.807, 2.05) is 5.32 Å². The molecule has 0 radical (unpaired) electrons. The summed E-state index contributed by atoms with van der Waals surface area (Å²) in [5.74, 6) is -4.89. The minimum absolute atomic E-state index is 0.00451. The molecule has 1 unspecified atom stereocenters. The fourth-order valence-electron chi connectivity index (χ4n) is 1.79. The molecule has 0 spiro atoms. The van der Waals surface area contributed by atoms with E-state index in [2.05, 4.69) is 0 Å². The van der Waals surface area contributed by atoms with E-state index < -0.39 is 23.7 Å². The van der Waals surface area contributed by atoms with Crippen molar-refractivity contribution < 1.29 is 31.4 Å². The summed E-state index contributed by atoms with van der Waals surface area (Å²) < 4.78 is 74.5. The van der Waals surface area contributed by atoms with Gasteiger partial charge in [0.1, 0.15) is 6.04 Å². The van der Waals surface area contributed by atoms with Crippen molar-refractivity contribution in [3.63, 3.8) is 0 Å². The van der Waals surface area contributed by atoms with Crippen molar-refractivity contribution in [1.82, 2.24) is 5.32 Å². The van der Waals surface area contributed by atoms with Gasteiger partial charge in [0.2, 0.25) is 0 Å². The molecule has 0 aliphatic carbocycles. The third kappa shape index (κ3) is 3.32. The Bertz CT molecular complexity index is 507. The van der Waals surface area contributed by atoms with Gasteiger partial charge in [-0.05, 0) is 18.7 Å². The third-order valence-corrected chi connectivity index (χ3v) is 3.17. The molecule has 0 fully saturated rings. The zero-order valence-corrected chi connectivity index (χ0v) is 12.1. The fourth-order valence-corrected chi connectivity index (χ4v) is 2.05. The van der Waals surface area contributed by atoms with Crippen LogP contribution in [0.25, 0.3) is 0 Å². The SMILES string of the molecule is CNC(c1cc(OC)c(OC)cc1Cl)C(F)(F)C(F)(F)F. The third-order valence-electron chi connectivity index (χ3n) is 2.84. The highest BCUT2D eigenvalue weighted by Gasteiger charge is 2.62. The van der Waals surface area contributed by atoms with Crippen molar-refractivity contribution >= 4 is 11.6 Å². The van der Waals surface area contributed by atoms with Crippen LogP contribution in [0, 0.1) is 0 Å². The van der Waals surface area contributed by atoms with Crippen LogP contribution in [0.5, 0.6) is 11.5 Å². The number of alkyl halides is 5. The molecular weight excluding hydrogens is 321 g/mol. The van der Waals surface area contributed by atoms with Crippen LogP contribution < -0.4 is 14.8 Å². The first-order chi connectivity index (χ1) is 9.60. The van der Waals surface area contributed by atoms with Crippen molar-refractivity contribution in [3.8, 4) is 11.5 Å². The highest BCUT2D eigenvalue weighted by atomic mass is 35.5. The number of nitrogens with one attached hydrogen (secondary N) is 1. The van der Waals surface area contributed by atoms with Crippen molar-refractivity contribution in [2.45, 2.75) is 18.1 Å². The molecule has 0 aromatic heterocycles. The minimum Gasteiger partial charge on any atom is -0.493 e. The Labute approximate surface area is 123 Å². The zero-order valence-electron chi connectivity index (χ0n) is 11.3. The molecule has 0 bridgehead atoms. The summed E-state index contributed by atoms with van der Waals surface area (Å²) in [5.41, 5.74) is -0.445. The number of hydrogen-bond donors (Lipinski definition) is 1. The van der Waals surface area contributed by atoms with Gasteiger partial charge < -0.3 is 14.8 Å². The Morgan fingerprint density at radius 3 is 1.90 bits per heavy atom. The summed E-state index contributed by atoms with van der Waals surface area (Å²) in [5, 5.41) is 1.65. The second-order valence-corrected chi connectivity index (χ2v) is 4.48. The summed E-state index contributed by atoms with van der Waals surface area (Å²) in [6.07, 6.45) is -5.73. The van der Waals surface area contributed by atoms with Gasteiger partial charge in [-0.1, -0.05) is 11.6 Å². The molecule has 0 heterocycles. The second-order valence-electron chi connectivity index (χ2n) is 4.07. The lowest BCUT2D eigenvalue weighted by Crippen LogP contribution is -2.47. The Balaban J connectivity index is 3.42. The van der Waals surface area contributed by atoms with Crippen LogP contribution >= 0.6 is 11.6 Å². The summed E-state index contributed by atoms with van der Waals surface area (Å²) in [6.45, 7) is 0. The smallest absolute Gasteiger partial charge is 0.455 e. The maximum absolute atomic E-state index is 13.6. The standard InChI is InChI=1S/C12H13ClF5NO2/c1-19-10(11(14,15)12(16,17)18)6-4-8(20-2)9(21-3)5-7(6)13/h4-5,10,19H,1-3H3. The van der Waals surface area contributed by atoms with Crippen LogP contribution in [0.4, 0.5) is 22.0 Å². The molecule has 0 saturated carbocycles. The van der Waals surface area contributed by atoms with Gasteiger partial charge in [-0.2, -0.15) is 22.0 Å². The highest BCUT2D eigenvalue weighted by molar-refractivity contribution is 6.31. The van der Waals surface area contributed by atoms with Gasteiger partial charge in [0.25, 0.3) is 0 Å². The molecule has 9 heteroatoms. The first-order valence-electron chi connectivity index (χ1n) is 5.63. The lowest BCUT2D eigenvalue weighted by molar-refractivity contribution is -0.293. The van der Waals surface area contributed by atoms with Gasteiger partial charge in [-0.25, -0.2) is 0 Å². The van der Waals surface area contributed by atoms with Crippen molar-refractivity contribution in [2.24, 2.45) is 0 Å². The van der Waals surface area contributed by atoms with Crippen molar-refractivity contribution in [3.05, 3.63) is 22.7 Å². The zero-order chi connectivity index (χ0) is 16.4. The van der Waals surface area contributed by atoms with Crippen molar-refractivity contribution in [1.29, 1.82) is 0 Å². The van der Waals surface area contributed by atoms with Crippen LogP contribution in [0.15, 0.2) is 12.1 Å². The Hall–Kier alpha value is -1.28. The van der Waals surface area contributed by atoms with Crippen LogP contribution in [0.1, 0.15) is 11.6 Å². The molecule has 1 N–H and O–H groups in total. The maximum atomic E-state index is 13.6. The van der Waals surface area contributed by atoms with Crippen LogP contribution in [-0.4, -0.2) is 33.4 Å². The van der Waals surface area contributed by atoms with E-state index >= 15 is 0 Å². The predicted molar refractivity (Wildman–Crippen MR) is 67.4 cm³/mol. The summed E-state index contributed by atoms with van der Waals surface area (Å²) >= 11 is 5.79. The number of halogens is 6. The molecule has 3 nitrogen and oxygen atoms in total. The minimum atomic E-state index is -5.73. The molecular formula is C12H13ClF5NO2. The first kappa shape index (κ1) is 17.8. The monoisotopic (exact) mass is 333 g/mol. The molecule has 0 saturated heterocycles. The molecule has 1 atom stereocenters. The number of ether oxygens (including phenoxy) is 2. The number of benzene rings is 1. The van der Waals surface area contributed by atoms with Crippen molar-refractivity contribution in [2.75, 3.05) is 21.3 Å². The van der Waals surface area contributed by atoms with E-state index in [0.29, 0.717) is 0 Å². The molecule has 1 aromatic rings. The molecule has 120 valence electrons. The number of hydrogen-bond acceptors (Lipinski definition) is 3. The van der Waals surface area contributed by atoms with E-state index in [-0.39, 0.29) is 16.5 Å². The molecule has 1 rings (SSSR count). The van der Waals surface area contributed by atoms with Crippen LogP contribution in [0.3, 0.4) is 0 Å². The molecule has 0 aliphatic rings. The van der Waals surface area contributed by atoms with E-state index in [1.165, 1.54) is 14.2 Å². The molecule has 0 amide bonds. The summed E-state index contributed by atoms with van der Waals surface area (Å²) in [4.78, 5) is 0. The summed E-state index contributed by atoms with van der Waals surface area (Å²) in [6, 6.07) is -0.251. The van der Waals surface area contributed by atoms with Crippen LogP contribution in [0.2, 0.25) is 5.02 Å². The average Bonchev–Trinajstić information content (AvgIpc) is 2.39.